The van der Waals surface area contributed by atoms with Gasteiger partial charge in [0.15, 0.2) is 4.67 Å². The van der Waals surface area contributed by atoms with Crippen molar-refractivity contribution in [3.05, 3.63) is 23.9 Å². The summed E-state index contributed by atoms with van der Waals surface area (Å²) in [6, 6.07) is 0. The highest BCUT2D eigenvalue weighted by Gasteiger charge is 1.78. The van der Waals surface area contributed by atoms with Gasteiger partial charge in [0.1, 0.15) is 6.61 Å². The van der Waals surface area contributed by atoms with Crippen LogP contribution in [0.4, 0.5) is 0 Å². The molecule has 0 aromatic heterocycles. The van der Waals surface area contributed by atoms with Crippen molar-refractivity contribution in [2.45, 2.75) is 0 Å². The molecule has 2 heteroatoms. The van der Waals surface area contributed by atoms with Crippen molar-refractivity contribution < 1.29 is 4.74 Å². The molecule has 0 saturated heterocycles. The second-order valence-electron chi connectivity index (χ2n) is 0.955. The summed E-state index contributed by atoms with van der Waals surface area (Å²) >= 11 is 3.01. The molecule has 0 fully saturated rings. The molecule has 0 aromatic rings. The minimum atomic E-state index is 0.518. The quantitative estimate of drug-likeness (QED) is 0.457. The van der Waals surface area contributed by atoms with E-state index in [4.69, 9.17) is 4.74 Å². The van der Waals surface area contributed by atoms with E-state index in [9.17, 15) is 0 Å². The molecule has 0 aliphatic carbocycles. The van der Waals surface area contributed by atoms with E-state index >= 15 is 0 Å². The fourth-order valence-electron chi connectivity index (χ4n) is 0.149. The van der Waals surface area contributed by atoms with E-state index in [1.807, 2.05) is 0 Å². The molecule has 0 amide bonds. The lowest BCUT2D eigenvalue weighted by Gasteiger charge is -1.94. The molecule has 1 nitrogen and oxygen atoms in total. The number of halogens is 1. The van der Waals surface area contributed by atoms with E-state index in [2.05, 4.69) is 29.1 Å². The molecule has 0 aromatic carbocycles. The standard InChI is InChI=1S/C5H7BrO/c1-3-4-7-5(2)6/h3H,1-2,4H2. The maximum atomic E-state index is 4.80. The van der Waals surface area contributed by atoms with Gasteiger partial charge in [-0.15, -0.1) is 0 Å². The van der Waals surface area contributed by atoms with E-state index in [0.717, 1.165) is 0 Å². The van der Waals surface area contributed by atoms with Gasteiger partial charge in [0, 0.05) is 0 Å². The second-order valence-corrected chi connectivity index (χ2v) is 1.84. The summed E-state index contributed by atoms with van der Waals surface area (Å²) in [5.41, 5.74) is 0. The molecular formula is C5H7BrO. The first-order chi connectivity index (χ1) is 3.27. The zero-order chi connectivity index (χ0) is 5.70. The van der Waals surface area contributed by atoms with Gasteiger partial charge in [-0.3, -0.25) is 0 Å². The van der Waals surface area contributed by atoms with Gasteiger partial charge in [-0.25, -0.2) is 0 Å². The molecule has 0 aliphatic rings. The molecule has 0 spiro atoms. The number of ether oxygens (including phenoxy) is 1. The Hall–Kier alpha value is -0.240. The van der Waals surface area contributed by atoms with Crippen molar-refractivity contribution in [3.63, 3.8) is 0 Å². The van der Waals surface area contributed by atoms with Crippen LogP contribution >= 0.6 is 15.9 Å². The highest BCUT2D eigenvalue weighted by molar-refractivity contribution is 9.11. The van der Waals surface area contributed by atoms with Crippen molar-refractivity contribution in [1.29, 1.82) is 0 Å². The first-order valence-electron chi connectivity index (χ1n) is 1.85. The topological polar surface area (TPSA) is 9.23 Å². The van der Waals surface area contributed by atoms with Crippen LogP contribution in [0.25, 0.3) is 0 Å². The number of hydrogen-bond donors (Lipinski definition) is 0. The van der Waals surface area contributed by atoms with Gasteiger partial charge >= 0.3 is 0 Å². The minimum absolute atomic E-state index is 0.518. The maximum absolute atomic E-state index is 4.80. The predicted octanol–water partition coefficient (Wildman–Crippen LogP) is 2.06. The Morgan fingerprint density at radius 2 is 2.43 bits per heavy atom. The van der Waals surface area contributed by atoms with Crippen LogP contribution in [-0.2, 0) is 4.74 Å². The zero-order valence-corrected chi connectivity index (χ0v) is 5.57. The van der Waals surface area contributed by atoms with Gasteiger partial charge in [0.2, 0.25) is 0 Å². The minimum Gasteiger partial charge on any atom is -0.483 e. The third kappa shape index (κ3) is 5.76. The molecule has 0 aliphatic heterocycles. The van der Waals surface area contributed by atoms with E-state index in [0.29, 0.717) is 11.3 Å². The first-order valence-corrected chi connectivity index (χ1v) is 2.64. The third-order valence-electron chi connectivity index (χ3n) is 0.358. The van der Waals surface area contributed by atoms with Crippen LogP contribution in [0.15, 0.2) is 23.9 Å². The van der Waals surface area contributed by atoms with Crippen molar-refractivity contribution in [1.82, 2.24) is 0 Å². The Labute approximate surface area is 51.8 Å². The summed E-state index contributed by atoms with van der Waals surface area (Å²) < 4.78 is 5.34. The Kier molecular flexibility index (Phi) is 3.80. The Morgan fingerprint density at radius 3 is 2.57 bits per heavy atom. The van der Waals surface area contributed by atoms with E-state index < -0.39 is 0 Å². The van der Waals surface area contributed by atoms with Gasteiger partial charge in [-0.05, 0) is 22.5 Å². The molecule has 0 radical (unpaired) electrons. The van der Waals surface area contributed by atoms with Crippen LogP contribution in [-0.4, -0.2) is 6.61 Å². The van der Waals surface area contributed by atoms with Crippen LogP contribution < -0.4 is 0 Å². The fourth-order valence-corrected chi connectivity index (χ4v) is 0.282. The van der Waals surface area contributed by atoms with Crippen LogP contribution in [0.3, 0.4) is 0 Å². The van der Waals surface area contributed by atoms with E-state index in [1.165, 1.54) is 0 Å². The van der Waals surface area contributed by atoms with Crippen molar-refractivity contribution in [2.24, 2.45) is 0 Å². The van der Waals surface area contributed by atoms with Gasteiger partial charge in [-0.2, -0.15) is 0 Å². The van der Waals surface area contributed by atoms with Crippen molar-refractivity contribution >= 4 is 15.9 Å². The van der Waals surface area contributed by atoms with Crippen molar-refractivity contribution in [3.8, 4) is 0 Å². The predicted molar refractivity (Wildman–Crippen MR) is 34.2 cm³/mol. The molecule has 40 valence electrons. The van der Waals surface area contributed by atoms with E-state index in [-0.39, 0.29) is 0 Å². The van der Waals surface area contributed by atoms with Crippen molar-refractivity contribution in [2.75, 3.05) is 6.61 Å². The Balaban J connectivity index is 2.97. The first kappa shape index (κ1) is 6.76. The summed E-state index contributed by atoms with van der Waals surface area (Å²) in [5.74, 6) is 0. The van der Waals surface area contributed by atoms with Crippen LogP contribution in [0.1, 0.15) is 0 Å². The third-order valence-corrected chi connectivity index (χ3v) is 0.587. The Morgan fingerprint density at radius 1 is 1.86 bits per heavy atom. The molecule has 0 unspecified atom stereocenters. The molecule has 0 heterocycles. The number of rotatable bonds is 3. The molecule has 7 heavy (non-hydrogen) atoms. The molecule has 0 atom stereocenters. The highest BCUT2D eigenvalue weighted by Crippen LogP contribution is 2.00. The largest absolute Gasteiger partial charge is 0.483 e. The van der Waals surface area contributed by atoms with Crippen LogP contribution in [0.2, 0.25) is 0 Å². The highest BCUT2D eigenvalue weighted by atomic mass is 79.9. The fraction of sp³-hybridized carbons (Fsp3) is 0.200. The summed E-state index contributed by atoms with van der Waals surface area (Å²) in [6.07, 6.45) is 1.66. The molecule has 0 bridgehead atoms. The number of hydrogen-bond acceptors (Lipinski definition) is 1. The molecule has 0 rings (SSSR count). The average Bonchev–Trinajstić information content (AvgIpc) is 1.61. The lowest BCUT2D eigenvalue weighted by molar-refractivity contribution is 0.282. The maximum Gasteiger partial charge on any atom is 0.155 e. The lowest BCUT2D eigenvalue weighted by Crippen LogP contribution is -1.80. The normalized spacial score (nSPS) is 7.57. The monoisotopic (exact) mass is 162 g/mol. The van der Waals surface area contributed by atoms with Crippen LogP contribution in [0.5, 0.6) is 0 Å². The summed E-state index contributed by atoms with van der Waals surface area (Å²) in [5, 5.41) is 0. The van der Waals surface area contributed by atoms with Gasteiger partial charge < -0.3 is 4.74 Å². The zero-order valence-electron chi connectivity index (χ0n) is 3.98. The summed E-state index contributed by atoms with van der Waals surface area (Å²) in [4.78, 5) is 0. The molecule has 0 N–H and O–H groups in total. The van der Waals surface area contributed by atoms with E-state index in [1.54, 1.807) is 6.08 Å². The lowest BCUT2D eigenvalue weighted by atomic mass is 10.7. The SMILES string of the molecule is C=CCOC(=C)Br. The molecule has 0 saturated carbocycles. The summed E-state index contributed by atoms with van der Waals surface area (Å²) in [7, 11) is 0. The average molecular weight is 163 g/mol. The van der Waals surface area contributed by atoms with Gasteiger partial charge in [0.25, 0.3) is 0 Å². The van der Waals surface area contributed by atoms with Gasteiger partial charge in [-0.1, -0.05) is 12.7 Å². The smallest absolute Gasteiger partial charge is 0.155 e. The second kappa shape index (κ2) is 3.93. The van der Waals surface area contributed by atoms with Gasteiger partial charge in [0.05, 0.1) is 0 Å². The Bertz CT molecular complexity index is 78.1. The summed E-state index contributed by atoms with van der Waals surface area (Å²) in [6.45, 7) is 7.40. The molecular weight excluding hydrogens is 156 g/mol. The van der Waals surface area contributed by atoms with Crippen LogP contribution in [0, 0.1) is 0 Å².